The van der Waals surface area contributed by atoms with E-state index in [-0.39, 0.29) is 6.61 Å². The number of rotatable bonds is 6. The summed E-state index contributed by atoms with van der Waals surface area (Å²) in [6.45, 7) is 0.141. The molecule has 2 saturated heterocycles. The van der Waals surface area contributed by atoms with Crippen molar-refractivity contribution in [3.63, 3.8) is 0 Å². The molecule has 2 fully saturated rings. The smallest absolute Gasteiger partial charge is 0.327 e. The Morgan fingerprint density at radius 1 is 0.957 bits per heavy atom. The first-order valence-electron chi connectivity index (χ1n) is 6.72. The van der Waals surface area contributed by atoms with E-state index in [0.29, 0.717) is 5.75 Å². The van der Waals surface area contributed by atoms with Gasteiger partial charge in [0, 0.05) is 0 Å². The quantitative estimate of drug-likeness (QED) is 0.529. The molecule has 3 rings (SSSR count). The van der Waals surface area contributed by atoms with Crippen molar-refractivity contribution in [2.45, 2.75) is 30.7 Å². The molecule has 0 aromatic heterocycles. The standard InChI is InChI=1S/C12H16O9P2/c13-22(14)20-9-8-6-17-10(9)11(21-23(15)16)12(19-8)18-7-4-2-1-3-5-7/h1-5,8-16H,6H2/t8?,9?,10-,11?,12?/m1/s1. The number of benzene rings is 1. The molecule has 1 aromatic rings. The molecule has 9 nitrogen and oxygen atoms in total. The van der Waals surface area contributed by atoms with Crippen LogP contribution in [0.5, 0.6) is 5.75 Å². The Labute approximate surface area is 134 Å². The van der Waals surface area contributed by atoms with Crippen molar-refractivity contribution in [1.29, 1.82) is 0 Å². The maximum atomic E-state index is 9.18. The lowest BCUT2D eigenvalue weighted by Crippen LogP contribution is -2.56. The molecule has 2 aliphatic heterocycles. The first kappa shape index (κ1) is 17.4. The van der Waals surface area contributed by atoms with Gasteiger partial charge in [-0.3, -0.25) is 4.52 Å². The zero-order chi connectivity index (χ0) is 16.4. The Morgan fingerprint density at radius 2 is 1.61 bits per heavy atom. The summed E-state index contributed by atoms with van der Waals surface area (Å²) in [6, 6.07) is 8.81. The Balaban J connectivity index is 1.77. The Kier molecular flexibility index (Phi) is 5.77. The predicted molar refractivity (Wildman–Crippen MR) is 77.9 cm³/mol. The summed E-state index contributed by atoms with van der Waals surface area (Å²) in [5.74, 6) is 0.511. The van der Waals surface area contributed by atoms with Gasteiger partial charge in [0.15, 0.2) is 6.10 Å². The van der Waals surface area contributed by atoms with Crippen molar-refractivity contribution in [2.24, 2.45) is 0 Å². The van der Waals surface area contributed by atoms with Crippen LogP contribution >= 0.6 is 17.2 Å². The monoisotopic (exact) mass is 366 g/mol. The Bertz CT molecular complexity index is 503. The van der Waals surface area contributed by atoms with Gasteiger partial charge in [-0.15, -0.1) is 0 Å². The summed E-state index contributed by atoms with van der Waals surface area (Å²) >= 11 is 0. The minimum atomic E-state index is -2.69. The van der Waals surface area contributed by atoms with Gasteiger partial charge < -0.3 is 38.3 Å². The minimum absolute atomic E-state index is 0.141. The third kappa shape index (κ3) is 4.15. The summed E-state index contributed by atoms with van der Waals surface area (Å²) in [4.78, 5) is 36.5. The topological polar surface area (TPSA) is 127 Å². The molecule has 11 heteroatoms. The molecule has 0 radical (unpaired) electrons. The minimum Gasteiger partial charge on any atom is -0.462 e. The molecular formula is C12H16O9P2. The third-order valence-electron chi connectivity index (χ3n) is 3.47. The summed E-state index contributed by atoms with van der Waals surface area (Å²) in [5.41, 5.74) is 0. The molecule has 1 aromatic carbocycles. The fourth-order valence-electron chi connectivity index (χ4n) is 2.59. The third-order valence-corrected chi connectivity index (χ3v) is 4.34. The van der Waals surface area contributed by atoms with Crippen LogP contribution in [0.3, 0.4) is 0 Å². The fraction of sp³-hybridized carbons (Fsp3) is 0.500. The molecule has 0 spiro atoms. The van der Waals surface area contributed by atoms with E-state index < -0.39 is 47.9 Å². The Hall–Kier alpha value is -0.440. The van der Waals surface area contributed by atoms with Crippen LogP contribution in [0.2, 0.25) is 0 Å². The highest BCUT2D eigenvalue weighted by Gasteiger charge is 2.55. The molecule has 0 aliphatic carbocycles. The van der Waals surface area contributed by atoms with Crippen LogP contribution in [0, 0.1) is 0 Å². The molecule has 4 N–H and O–H groups in total. The number of hydrogen-bond acceptors (Lipinski definition) is 9. The van der Waals surface area contributed by atoms with Gasteiger partial charge >= 0.3 is 17.2 Å². The maximum absolute atomic E-state index is 9.18. The fourth-order valence-corrected chi connectivity index (χ4v) is 3.50. The van der Waals surface area contributed by atoms with Gasteiger partial charge in [-0.2, -0.15) is 0 Å². The van der Waals surface area contributed by atoms with E-state index in [0.717, 1.165) is 0 Å². The lowest BCUT2D eigenvalue weighted by Gasteiger charge is -2.39. The molecule has 23 heavy (non-hydrogen) atoms. The molecule has 4 unspecified atom stereocenters. The average Bonchev–Trinajstić information content (AvgIpc) is 2.77. The molecule has 2 aliphatic rings. The van der Waals surface area contributed by atoms with E-state index in [2.05, 4.69) is 0 Å². The number of ether oxygens (including phenoxy) is 3. The van der Waals surface area contributed by atoms with Crippen LogP contribution in [0.4, 0.5) is 0 Å². The van der Waals surface area contributed by atoms with Gasteiger partial charge in [-0.1, -0.05) is 18.2 Å². The second kappa shape index (κ2) is 7.63. The molecule has 2 bridgehead atoms. The van der Waals surface area contributed by atoms with E-state index in [4.69, 9.17) is 33.0 Å². The van der Waals surface area contributed by atoms with Crippen LogP contribution in [-0.2, 0) is 18.5 Å². The van der Waals surface area contributed by atoms with Crippen LogP contribution in [0.25, 0.3) is 0 Å². The van der Waals surface area contributed by atoms with E-state index >= 15 is 0 Å². The largest absolute Gasteiger partial charge is 0.462 e. The highest BCUT2D eigenvalue weighted by molar-refractivity contribution is 7.39. The Morgan fingerprint density at radius 3 is 2.26 bits per heavy atom. The number of para-hydroxylation sites is 1. The normalized spacial score (nSPS) is 33.4. The van der Waals surface area contributed by atoms with Crippen molar-refractivity contribution in [3.05, 3.63) is 30.3 Å². The van der Waals surface area contributed by atoms with Crippen LogP contribution in [0.15, 0.2) is 30.3 Å². The van der Waals surface area contributed by atoms with Crippen molar-refractivity contribution >= 4 is 17.2 Å². The van der Waals surface area contributed by atoms with Gasteiger partial charge in [-0.05, 0) is 12.1 Å². The molecule has 128 valence electrons. The summed E-state index contributed by atoms with van der Waals surface area (Å²) in [7, 11) is -5.31. The SMILES string of the molecule is OP(O)OC1C2CO[C@H]1C(OP(O)O)C(Oc1ccccc1)O2. The molecule has 2 heterocycles. The van der Waals surface area contributed by atoms with Crippen LogP contribution in [-0.4, -0.2) is 56.9 Å². The maximum Gasteiger partial charge on any atom is 0.327 e. The van der Waals surface area contributed by atoms with Crippen molar-refractivity contribution < 1.29 is 42.8 Å². The van der Waals surface area contributed by atoms with Crippen molar-refractivity contribution in [1.82, 2.24) is 0 Å². The first-order valence-corrected chi connectivity index (χ1v) is 9.05. The van der Waals surface area contributed by atoms with E-state index in [1.807, 2.05) is 6.07 Å². The zero-order valence-corrected chi connectivity index (χ0v) is 13.5. The van der Waals surface area contributed by atoms with Gasteiger partial charge in [-0.25, -0.2) is 0 Å². The van der Waals surface area contributed by atoms with Gasteiger partial charge in [0.1, 0.15) is 24.1 Å². The molecule has 0 saturated carbocycles. The van der Waals surface area contributed by atoms with Crippen LogP contribution in [0.1, 0.15) is 0 Å². The van der Waals surface area contributed by atoms with Gasteiger partial charge in [0.2, 0.25) is 6.29 Å². The number of hydrogen-bond donors (Lipinski definition) is 4. The highest BCUT2D eigenvalue weighted by Crippen LogP contribution is 2.43. The van der Waals surface area contributed by atoms with E-state index in [1.165, 1.54) is 0 Å². The molecule has 0 amide bonds. The van der Waals surface area contributed by atoms with E-state index in [1.54, 1.807) is 24.3 Å². The van der Waals surface area contributed by atoms with Gasteiger partial charge in [0.05, 0.1) is 6.61 Å². The summed E-state index contributed by atoms with van der Waals surface area (Å²) in [6.07, 6.45) is -4.12. The van der Waals surface area contributed by atoms with E-state index in [9.17, 15) is 9.79 Å². The van der Waals surface area contributed by atoms with Gasteiger partial charge in [0.25, 0.3) is 0 Å². The predicted octanol–water partition coefficient (Wildman–Crippen LogP) is 0.382. The lowest BCUT2D eigenvalue weighted by molar-refractivity contribution is -0.221. The second-order valence-corrected chi connectivity index (χ2v) is 6.35. The zero-order valence-electron chi connectivity index (χ0n) is 11.7. The van der Waals surface area contributed by atoms with Crippen LogP contribution < -0.4 is 4.74 Å². The molecular weight excluding hydrogens is 350 g/mol. The summed E-state index contributed by atoms with van der Waals surface area (Å²) in [5, 5.41) is 0. The number of fused-ring (bicyclic) bond motifs is 2. The second-order valence-electron chi connectivity index (χ2n) is 4.92. The van der Waals surface area contributed by atoms with Crippen molar-refractivity contribution in [2.75, 3.05) is 6.61 Å². The molecule has 5 atom stereocenters. The first-order chi connectivity index (χ1) is 11.0. The summed E-state index contributed by atoms with van der Waals surface area (Å²) < 4.78 is 27.0. The lowest BCUT2D eigenvalue weighted by atomic mass is 10.0. The average molecular weight is 366 g/mol. The highest BCUT2D eigenvalue weighted by atomic mass is 31.2. The van der Waals surface area contributed by atoms with Crippen molar-refractivity contribution in [3.8, 4) is 5.75 Å².